The molecule has 1 amide bonds. The van der Waals surface area contributed by atoms with Crippen molar-refractivity contribution in [1.82, 2.24) is 5.32 Å². The van der Waals surface area contributed by atoms with E-state index in [1.807, 2.05) is 5.32 Å². The van der Waals surface area contributed by atoms with Gasteiger partial charge in [-0.2, -0.15) is 5.26 Å². The number of carbonyl (C=O) groups is 1. The standard InChI is InChI=1S/C9H7FN2O/c1-6-2-3-7(4-8(6)10)9(13)12-5-11/h2-4H,1H3,(H,12,13). The number of carbonyl (C=O) groups excluding carboxylic acids is 1. The molecular formula is C9H7FN2O. The predicted octanol–water partition coefficient (Wildman–Crippen LogP) is 1.34. The van der Waals surface area contributed by atoms with E-state index in [1.165, 1.54) is 18.3 Å². The van der Waals surface area contributed by atoms with Gasteiger partial charge in [-0.15, -0.1) is 0 Å². The Labute approximate surface area is 74.8 Å². The van der Waals surface area contributed by atoms with Crippen LogP contribution in [0.4, 0.5) is 4.39 Å². The van der Waals surface area contributed by atoms with Gasteiger partial charge >= 0.3 is 0 Å². The normalized spacial score (nSPS) is 9.00. The first kappa shape index (κ1) is 9.20. The first-order valence-corrected chi connectivity index (χ1v) is 3.60. The number of amides is 1. The van der Waals surface area contributed by atoms with Gasteiger partial charge in [-0.3, -0.25) is 10.1 Å². The maximum absolute atomic E-state index is 12.9. The van der Waals surface area contributed by atoms with Gasteiger partial charge in [-0.25, -0.2) is 4.39 Å². The van der Waals surface area contributed by atoms with E-state index in [-0.39, 0.29) is 5.56 Å². The minimum Gasteiger partial charge on any atom is -0.268 e. The zero-order valence-electron chi connectivity index (χ0n) is 6.97. The average Bonchev–Trinajstić information content (AvgIpc) is 2.10. The summed E-state index contributed by atoms with van der Waals surface area (Å²) in [5, 5.41) is 10.1. The van der Waals surface area contributed by atoms with E-state index in [2.05, 4.69) is 0 Å². The first-order chi connectivity index (χ1) is 6.15. The van der Waals surface area contributed by atoms with Crippen LogP contribution >= 0.6 is 0 Å². The Hall–Kier alpha value is -1.89. The molecule has 0 bridgehead atoms. The van der Waals surface area contributed by atoms with Crippen LogP contribution in [0.15, 0.2) is 18.2 Å². The smallest absolute Gasteiger partial charge is 0.264 e. The SMILES string of the molecule is Cc1ccc(C(=O)NC#N)cc1F. The van der Waals surface area contributed by atoms with Crippen LogP contribution < -0.4 is 5.32 Å². The highest BCUT2D eigenvalue weighted by atomic mass is 19.1. The third-order valence-electron chi connectivity index (χ3n) is 1.60. The van der Waals surface area contributed by atoms with Gasteiger partial charge in [-0.1, -0.05) is 6.07 Å². The minimum absolute atomic E-state index is 0.143. The van der Waals surface area contributed by atoms with Crippen LogP contribution in [0.2, 0.25) is 0 Å². The third kappa shape index (κ3) is 2.03. The second-order valence-corrected chi connectivity index (χ2v) is 2.53. The van der Waals surface area contributed by atoms with Crippen LogP contribution in [0.3, 0.4) is 0 Å². The lowest BCUT2D eigenvalue weighted by molar-refractivity contribution is 0.0972. The first-order valence-electron chi connectivity index (χ1n) is 3.60. The molecule has 0 aliphatic rings. The largest absolute Gasteiger partial charge is 0.268 e. The summed E-state index contributed by atoms with van der Waals surface area (Å²) in [6.07, 6.45) is 1.48. The number of halogens is 1. The van der Waals surface area contributed by atoms with Crippen molar-refractivity contribution in [2.24, 2.45) is 0 Å². The topological polar surface area (TPSA) is 52.9 Å². The Morgan fingerprint density at radius 1 is 1.62 bits per heavy atom. The van der Waals surface area contributed by atoms with Crippen LogP contribution in [0.25, 0.3) is 0 Å². The van der Waals surface area contributed by atoms with Crippen molar-refractivity contribution in [1.29, 1.82) is 5.26 Å². The van der Waals surface area contributed by atoms with Crippen molar-refractivity contribution < 1.29 is 9.18 Å². The van der Waals surface area contributed by atoms with Crippen molar-refractivity contribution in [3.63, 3.8) is 0 Å². The molecule has 1 aromatic carbocycles. The van der Waals surface area contributed by atoms with Gasteiger partial charge in [0.05, 0.1) is 0 Å². The van der Waals surface area contributed by atoms with Crippen LogP contribution in [0.1, 0.15) is 15.9 Å². The monoisotopic (exact) mass is 178 g/mol. The van der Waals surface area contributed by atoms with E-state index in [0.717, 1.165) is 6.07 Å². The average molecular weight is 178 g/mol. The van der Waals surface area contributed by atoms with Gasteiger partial charge in [0.15, 0.2) is 6.19 Å². The molecule has 0 unspecified atom stereocenters. The van der Waals surface area contributed by atoms with Crippen LogP contribution in [-0.2, 0) is 0 Å². The molecule has 0 aliphatic heterocycles. The molecule has 0 spiro atoms. The molecular weight excluding hydrogens is 171 g/mol. The molecule has 0 radical (unpaired) electrons. The second-order valence-electron chi connectivity index (χ2n) is 2.53. The molecule has 0 atom stereocenters. The zero-order chi connectivity index (χ0) is 9.84. The molecule has 0 heterocycles. The maximum atomic E-state index is 12.9. The van der Waals surface area contributed by atoms with Gasteiger partial charge in [0.2, 0.25) is 0 Å². The molecule has 0 aliphatic carbocycles. The van der Waals surface area contributed by atoms with E-state index in [1.54, 1.807) is 6.92 Å². The summed E-state index contributed by atoms with van der Waals surface area (Å²) in [7, 11) is 0. The lowest BCUT2D eigenvalue weighted by Gasteiger charge is -1.99. The number of nitriles is 1. The fourth-order valence-electron chi connectivity index (χ4n) is 0.857. The molecule has 3 nitrogen and oxygen atoms in total. The highest BCUT2D eigenvalue weighted by Gasteiger charge is 2.06. The van der Waals surface area contributed by atoms with Crippen LogP contribution in [-0.4, -0.2) is 5.91 Å². The Morgan fingerprint density at radius 3 is 2.85 bits per heavy atom. The summed E-state index contributed by atoms with van der Waals surface area (Å²) in [6.45, 7) is 1.60. The predicted molar refractivity (Wildman–Crippen MR) is 44.2 cm³/mol. The summed E-state index contributed by atoms with van der Waals surface area (Å²) in [4.78, 5) is 11.0. The Balaban J connectivity index is 2.98. The van der Waals surface area contributed by atoms with E-state index >= 15 is 0 Å². The molecule has 0 fully saturated rings. The van der Waals surface area contributed by atoms with Gasteiger partial charge in [0.1, 0.15) is 5.82 Å². The maximum Gasteiger partial charge on any atom is 0.264 e. The number of rotatable bonds is 1. The molecule has 66 valence electrons. The lowest BCUT2D eigenvalue weighted by atomic mass is 10.1. The van der Waals surface area contributed by atoms with Gasteiger partial charge < -0.3 is 0 Å². The Bertz CT molecular complexity index is 382. The second kappa shape index (κ2) is 3.68. The Kier molecular flexibility index (Phi) is 2.60. The molecule has 0 saturated heterocycles. The number of hydrogen-bond acceptors (Lipinski definition) is 2. The molecule has 4 heteroatoms. The van der Waals surface area contributed by atoms with Crippen molar-refractivity contribution in [3.8, 4) is 6.19 Å². The molecule has 0 saturated carbocycles. The third-order valence-corrected chi connectivity index (χ3v) is 1.60. The van der Waals surface area contributed by atoms with Gasteiger partial charge in [0, 0.05) is 5.56 Å². The van der Waals surface area contributed by atoms with Crippen molar-refractivity contribution in [2.45, 2.75) is 6.92 Å². The Morgan fingerprint density at radius 2 is 2.31 bits per heavy atom. The van der Waals surface area contributed by atoms with E-state index < -0.39 is 11.7 Å². The summed E-state index contributed by atoms with van der Waals surface area (Å²) in [5.74, 6) is -1.05. The zero-order valence-corrected chi connectivity index (χ0v) is 6.97. The molecule has 1 N–H and O–H groups in total. The quantitative estimate of drug-likeness (QED) is 0.521. The fourth-order valence-corrected chi connectivity index (χ4v) is 0.857. The number of aryl methyl sites for hydroxylation is 1. The summed E-state index contributed by atoms with van der Waals surface area (Å²) in [5.41, 5.74) is 0.609. The van der Waals surface area contributed by atoms with Crippen LogP contribution in [0.5, 0.6) is 0 Å². The summed E-state index contributed by atoms with van der Waals surface area (Å²) >= 11 is 0. The van der Waals surface area contributed by atoms with Crippen LogP contribution in [0, 0.1) is 24.2 Å². The number of hydrogen-bond donors (Lipinski definition) is 1. The molecule has 1 aromatic rings. The van der Waals surface area contributed by atoms with E-state index in [0.29, 0.717) is 5.56 Å². The van der Waals surface area contributed by atoms with Gasteiger partial charge in [-0.05, 0) is 24.6 Å². The lowest BCUT2D eigenvalue weighted by Crippen LogP contribution is -2.17. The van der Waals surface area contributed by atoms with E-state index in [4.69, 9.17) is 5.26 Å². The fraction of sp³-hybridized carbons (Fsp3) is 0.111. The number of benzene rings is 1. The summed E-state index contributed by atoms with van der Waals surface area (Å²) in [6, 6.07) is 4.05. The highest BCUT2D eigenvalue weighted by Crippen LogP contribution is 2.08. The minimum atomic E-state index is -0.596. The summed E-state index contributed by atoms with van der Waals surface area (Å²) < 4.78 is 12.9. The highest BCUT2D eigenvalue weighted by molar-refractivity contribution is 5.95. The van der Waals surface area contributed by atoms with Crippen molar-refractivity contribution in [3.05, 3.63) is 35.1 Å². The number of nitrogens with one attached hydrogen (secondary N) is 1. The molecule has 1 rings (SSSR count). The van der Waals surface area contributed by atoms with Crippen molar-refractivity contribution in [2.75, 3.05) is 0 Å². The molecule has 13 heavy (non-hydrogen) atoms. The van der Waals surface area contributed by atoms with E-state index in [9.17, 15) is 9.18 Å². The molecule has 0 aromatic heterocycles. The van der Waals surface area contributed by atoms with Gasteiger partial charge in [0.25, 0.3) is 5.91 Å². The number of nitrogens with zero attached hydrogens (tertiary/aromatic N) is 1. The van der Waals surface area contributed by atoms with Crippen molar-refractivity contribution >= 4 is 5.91 Å².